The minimum absolute atomic E-state index is 0.275. The summed E-state index contributed by atoms with van der Waals surface area (Å²) in [6.45, 7) is 0. The molecule has 292 valence electrons. The van der Waals surface area contributed by atoms with Crippen LogP contribution in [0.25, 0.3) is 45.7 Å². The number of anilines is 4. The van der Waals surface area contributed by atoms with Crippen molar-refractivity contribution in [2.45, 2.75) is 0 Å². The van der Waals surface area contributed by atoms with E-state index in [0.29, 0.717) is 62.3 Å². The van der Waals surface area contributed by atoms with E-state index in [4.69, 9.17) is 18.8 Å². The molecule has 8 aromatic rings. The SMILES string of the molecule is O=C(/C=C/c1ccco1)Nc1ccccc1C(=O)Nc1ccc(-c2nc(-c3ccccc3)c3cc(NC(=O)c4ccccc4NC(=O)/C=C/c4ccco4)ccc3n2)cc1. The summed E-state index contributed by atoms with van der Waals surface area (Å²) in [5.41, 5.74) is 5.13. The second kappa shape index (κ2) is 17.7. The first-order chi connectivity index (χ1) is 29.4. The Morgan fingerprint density at radius 2 is 1.02 bits per heavy atom. The number of furan rings is 2. The molecule has 60 heavy (non-hydrogen) atoms. The lowest BCUT2D eigenvalue weighted by atomic mass is 10.0. The molecule has 3 aromatic heterocycles. The van der Waals surface area contributed by atoms with Crippen LogP contribution >= 0.6 is 0 Å². The molecular weight excluding hydrogens is 757 g/mol. The fraction of sp³-hybridized carbons (Fsp3) is 0. The molecule has 12 nitrogen and oxygen atoms in total. The van der Waals surface area contributed by atoms with E-state index in [2.05, 4.69) is 21.3 Å². The maximum absolute atomic E-state index is 13.6. The fourth-order valence-electron chi connectivity index (χ4n) is 6.27. The van der Waals surface area contributed by atoms with Crippen LogP contribution in [0.3, 0.4) is 0 Å². The Hall–Kier alpha value is -8.64. The van der Waals surface area contributed by atoms with Gasteiger partial charge in [0.15, 0.2) is 5.82 Å². The predicted molar refractivity (Wildman–Crippen MR) is 232 cm³/mol. The first kappa shape index (κ1) is 38.2. The minimum Gasteiger partial charge on any atom is -0.465 e. The number of benzene rings is 5. The van der Waals surface area contributed by atoms with Gasteiger partial charge in [0.25, 0.3) is 11.8 Å². The number of rotatable bonds is 12. The number of nitrogens with one attached hydrogen (secondary N) is 4. The van der Waals surface area contributed by atoms with E-state index in [1.807, 2.05) is 54.6 Å². The Morgan fingerprint density at radius 1 is 0.483 bits per heavy atom. The number of nitrogens with zero attached hydrogens (tertiary/aromatic N) is 2. The Balaban J connectivity index is 1.00. The highest BCUT2D eigenvalue weighted by molar-refractivity contribution is 6.13. The van der Waals surface area contributed by atoms with Crippen molar-refractivity contribution in [1.82, 2.24) is 9.97 Å². The molecular formula is C48H34N6O6. The maximum Gasteiger partial charge on any atom is 0.257 e. The van der Waals surface area contributed by atoms with Crippen LogP contribution in [0.4, 0.5) is 22.7 Å². The normalized spacial score (nSPS) is 11.1. The Labute approximate surface area is 343 Å². The fourth-order valence-corrected chi connectivity index (χ4v) is 6.27. The third-order valence-corrected chi connectivity index (χ3v) is 9.15. The van der Waals surface area contributed by atoms with Gasteiger partial charge in [-0.3, -0.25) is 19.2 Å². The second-order valence-corrected chi connectivity index (χ2v) is 13.2. The summed E-state index contributed by atoms with van der Waals surface area (Å²) in [6, 6.07) is 42.6. The molecule has 3 heterocycles. The van der Waals surface area contributed by atoms with Gasteiger partial charge in [-0.2, -0.15) is 0 Å². The number of hydrogen-bond acceptors (Lipinski definition) is 8. The molecule has 0 spiro atoms. The van der Waals surface area contributed by atoms with E-state index in [1.165, 1.54) is 36.8 Å². The van der Waals surface area contributed by atoms with Gasteiger partial charge in [0.1, 0.15) is 11.5 Å². The molecule has 0 bridgehead atoms. The van der Waals surface area contributed by atoms with Crippen molar-refractivity contribution in [3.8, 4) is 22.6 Å². The third kappa shape index (κ3) is 9.14. The van der Waals surface area contributed by atoms with E-state index >= 15 is 0 Å². The summed E-state index contributed by atoms with van der Waals surface area (Å²) in [5, 5.41) is 12.1. The number of amides is 4. The summed E-state index contributed by atoms with van der Waals surface area (Å²) in [5.74, 6) is -0.152. The van der Waals surface area contributed by atoms with Gasteiger partial charge >= 0.3 is 0 Å². The van der Waals surface area contributed by atoms with Gasteiger partial charge in [-0.25, -0.2) is 9.97 Å². The zero-order valence-electron chi connectivity index (χ0n) is 31.7. The predicted octanol–water partition coefficient (Wildman–Crippen LogP) is 9.96. The molecule has 0 atom stereocenters. The van der Waals surface area contributed by atoms with Crippen LogP contribution in [0.2, 0.25) is 0 Å². The van der Waals surface area contributed by atoms with Crippen molar-refractivity contribution in [3.63, 3.8) is 0 Å². The molecule has 5 aromatic carbocycles. The molecule has 0 radical (unpaired) electrons. The Bertz CT molecular complexity index is 2890. The molecule has 0 aliphatic heterocycles. The van der Waals surface area contributed by atoms with Crippen molar-refractivity contribution < 1.29 is 28.0 Å². The Kier molecular flexibility index (Phi) is 11.3. The lowest BCUT2D eigenvalue weighted by molar-refractivity contribution is -0.112. The lowest BCUT2D eigenvalue weighted by Gasteiger charge is -2.13. The molecule has 0 saturated carbocycles. The average Bonchev–Trinajstić information content (AvgIpc) is 4.01. The minimum atomic E-state index is -0.420. The van der Waals surface area contributed by atoms with Crippen LogP contribution in [0.15, 0.2) is 179 Å². The summed E-state index contributed by atoms with van der Waals surface area (Å²) in [7, 11) is 0. The number of hydrogen-bond donors (Lipinski definition) is 4. The van der Waals surface area contributed by atoms with Crippen molar-refractivity contribution in [1.29, 1.82) is 0 Å². The van der Waals surface area contributed by atoms with Crippen molar-refractivity contribution in [3.05, 3.63) is 193 Å². The summed E-state index contributed by atoms with van der Waals surface area (Å²) in [6.07, 6.45) is 8.77. The first-order valence-corrected chi connectivity index (χ1v) is 18.7. The van der Waals surface area contributed by atoms with Crippen LogP contribution in [-0.4, -0.2) is 33.6 Å². The number of aromatic nitrogens is 2. The molecule has 0 unspecified atom stereocenters. The highest BCUT2D eigenvalue weighted by Gasteiger charge is 2.17. The van der Waals surface area contributed by atoms with E-state index in [-0.39, 0.29) is 11.1 Å². The monoisotopic (exact) mass is 790 g/mol. The average molecular weight is 791 g/mol. The second-order valence-electron chi connectivity index (χ2n) is 13.2. The zero-order valence-corrected chi connectivity index (χ0v) is 31.7. The van der Waals surface area contributed by atoms with Crippen molar-refractivity contribution in [2.75, 3.05) is 21.3 Å². The highest BCUT2D eigenvalue weighted by atomic mass is 16.3. The van der Waals surface area contributed by atoms with E-state index < -0.39 is 23.6 Å². The van der Waals surface area contributed by atoms with Gasteiger partial charge in [0.2, 0.25) is 11.8 Å². The van der Waals surface area contributed by atoms with Gasteiger partial charge in [-0.1, -0.05) is 54.6 Å². The molecule has 0 aliphatic rings. The van der Waals surface area contributed by atoms with Gasteiger partial charge in [0.05, 0.1) is 46.2 Å². The largest absolute Gasteiger partial charge is 0.465 e. The van der Waals surface area contributed by atoms with Crippen LogP contribution in [0.5, 0.6) is 0 Å². The molecule has 4 amide bonds. The van der Waals surface area contributed by atoms with Gasteiger partial charge in [-0.15, -0.1) is 0 Å². The van der Waals surface area contributed by atoms with Gasteiger partial charge in [-0.05, 0) is 103 Å². The zero-order chi connectivity index (χ0) is 41.3. The quantitative estimate of drug-likeness (QED) is 0.0887. The molecule has 0 saturated heterocycles. The molecule has 12 heteroatoms. The number of para-hydroxylation sites is 2. The molecule has 8 rings (SSSR count). The smallest absolute Gasteiger partial charge is 0.257 e. The third-order valence-electron chi connectivity index (χ3n) is 9.15. The Morgan fingerprint density at radius 3 is 1.58 bits per heavy atom. The first-order valence-electron chi connectivity index (χ1n) is 18.7. The molecule has 0 fully saturated rings. The van der Waals surface area contributed by atoms with Crippen LogP contribution in [0.1, 0.15) is 32.2 Å². The number of carbonyl (C=O) groups is 4. The number of carbonyl (C=O) groups excluding carboxylic acids is 4. The summed E-state index contributed by atoms with van der Waals surface area (Å²) in [4.78, 5) is 62.1. The maximum atomic E-state index is 13.6. The number of fused-ring (bicyclic) bond motifs is 1. The van der Waals surface area contributed by atoms with Crippen molar-refractivity contribution in [2.24, 2.45) is 0 Å². The van der Waals surface area contributed by atoms with Crippen LogP contribution in [-0.2, 0) is 9.59 Å². The summed E-state index contributed by atoms with van der Waals surface area (Å²) >= 11 is 0. The highest BCUT2D eigenvalue weighted by Crippen LogP contribution is 2.32. The van der Waals surface area contributed by atoms with Gasteiger partial charge < -0.3 is 30.1 Å². The van der Waals surface area contributed by atoms with E-state index in [0.717, 1.165) is 5.56 Å². The van der Waals surface area contributed by atoms with E-state index in [1.54, 1.807) is 91.0 Å². The standard InChI is InChI=1S/C48H34N6O6/c55-43(26-23-35-12-8-28-59-35)51-40-16-6-4-14-37(40)47(57)49-33-20-18-32(19-21-33)46-53-42-25-22-34(30-39(42)45(54-46)31-10-2-1-3-11-31)50-48(58)38-15-5-7-17-41(38)52-44(56)27-24-36-13-9-29-60-36/h1-30H,(H,49,57)(H,50,58)(H,51,55)(H,52,56)/b26-23+,27-24+. The molecule has 4 N–H and O–H groups in total. The summed E-state index contributed by atoms with van der Waals surface area (Å²) < 4.78 is 10.5. The van der Waals surface area contributed by atoms with Crippen LogP contribution < -0.4 is 21.3 Å². The van der Waals surface area contributed by atoms with Gasteiger partial charge in [0, 0.05) is 40.0 Å². The topological polar surface area (TPSA) is 168 Å². The lowest BCUT2D eigenvalue weighted by Crippen LogP contribution is -2.17. The van der Waals surface area contributed by atoms with Crippen LogP contribution in [0, 0.1) is 0 Å². The van der Waals surface area contributed by atoms with Crippen molar-refractivity contribution >= 4 is 69.4 Å². The van der Waals surface area contributed by atoms with E-state index in [9.17, 15) is 19.2 Å². The molecule has 0 aliphatic carbocycles.